The molecule has 0 spiro atoms. The van der Waals surface area contributed by atoms with Crippen LogP contribution < -0.4 is 15.1 Å². The van der Waals surface area contributed by atoms with E-state index in [1.807, 2.05) is 24.3 Å². The maximum absolute atomic E-state index is 12.8. The van der Waals surface area contributed by atoms with E-state index in [4.69, 9.17) is 17.0 Å². The van der Waals surface area contributed by atoms with Crippen LogP contribution in [-0.4, -0.2) is 41.3 Å². The molecule has 1 aliphatic rings. The number of nitrogens with one attached hydrogen (secondary N) is 1. The van der Waals surface area contributed by atoms with Crippen LogP contribution in [0.25, 0.3) is 6.08 Å². The summed E-state index contributed by atoms with van der Waals surface area (Å²) in [5, 5.41) is 1.11. The standard InChI is InChI=1S/C22H23N3O3S2/c1-4-24(5-2)17-10-6-15(7-11-17)14-19-21(27)25(22(29)30-19)23-20(26)16-8-12-18(28-3)13-9-16/h6-14H,4-5H2,1-3H3,(H,23,26)/b19-14+. The number of thioether (sulfide) groups is 1. The topological polar surface area (TPSA) is 61.9 Å². The molecule has 3 rings (SSSR count). The van der Waals surface area contributed by atoms with Crippen LogP contribution >= 0.6 is 24.0 Å². The van der Waals surface area contributed by atoms with Gasteiger partial charge in [-0.15, -0.1) is 0 Å². The number of methoxy groups -OCH3 is 1. The summed E-state index contributed by atoms with van der Waals surface area (Å²) in [5.41, 5.74) is 5.02. The third-order valence-corrected chi connectivity index (χ3v) is 5.98. The van der Waals surface area contributed by atoms with E-state index in [0.29, 0.717) is 16.2 Å². The van der Waals surface area contributed by atoms with Gasteiger partial charge in [0.2, 0.25) is 0 Å². The number of hydrazine groups is 1. The number of carbonyl (C=O) groups excluding carboxylic acids is 2. The van der Waals surface area contributed by atoms with Gasteiger partial charge in [0.05, 0.1) is 12.0 Å². The molecular formula is C22H23N3O3S2. The number of nitrogens with zero attached hydrogens (tertiary/aromatic N) is 2. The number of anilines is 1. The number of hydrogen-bond acceptors (Lipinski definition) is 6. The molecule has 0 bridgehead atoms. The monoisotopic (exact) mass is 441 g/mol. The molecule has 8 heteroatoms. The van der Waals surface area contributed by atoms with Crippen LogP contribution in [0.2, 0.25) is 0 Å². The third kappa shape index (κ3) is 4.83. The number of hydrogen-bond donors (Lipinski definition) is 1. The summed E-state index contributed by atoms with van der Waals surface area (Å²) in [5.74, 6) is -0.120. The number of ether oxygens (including phenoxy) is 1. The highest BCUT2D eigenvalue weighted by molar-refractivity contribution is 8.26. The van der Waals surface area contributed by atoms with Gasteiger partial charge in [0.1, 0.15) is 5.75 Å². The van der Waals surface area contributed by atoms with Gasteiger partial charge in [0.15, 0.2) is 4.32 Å². The lowest BCUT2D eigenvalue weighted by Gasteiger charge is -2.20. The van der Waals surface area contributed by atoms with E-state index in [-0.39, 0.29) is 10.2 Å². The Morgan fingerprint density at radius 1 is 1.13 bits per heavy atom. The molecule has 1 fully saturated rings. The first kappa shape index (κ1) is 21.9. The average molecular weight is 442 g/mol. The van der Waals surface area contributed by atoms with Crippen LogP contribution in [-0.2, 0) is 4.79 Å². The molecule has 2 amide bonds. The molecule has 1 N–H and O–H groups in total. The van der Waals surface area contributed by atoms with Crippen molar-refractivity contribution >= 4 is 51.9 Å². The highest BCUT2D eigenvalue weighted by Gasteiger charge is 2.33. The van der Waals surface area contributed by atoms with E-state index in [9.17, 15) is 9.59 Å². The SMILES string of the molecule is CCN(CC)c1ccc(/C=C2/SC(=S)N(NC(=O)c3ccc(OC)cc3)C2=O)cc1. The lowest BCUT2D eigenvalue weighted by molar-refractivity contribution is -0.123. The summed E-state index contributed by atoms with van der Waals surface area (Å²) < 4.78 is 5.37. The van der Waals surface area contributed by atoms with Crippen LogP contribution in [0, 0.1) is 0 Å². The Balaban J connectivity index is 1.71. The van der Waals surface area contributed by atoms with Crippen molar-refractivity contribution in [1.82, 2.24) is 10.4 Å². The van der Waals surface area contributed by atoms with E-state index >= 15 is 0 Å². The second-order valence-electron chi connectivity index (χ2n) is 6.45. The van der Waals surface area contributed by atoms with Crippen molar-refractivity contribution in [3.05, 3.63) is 64.6 Å². The highest BCUT2D eigenvalue weighted by Crippen LogP contribution is 2.32. The second-order valence-corrected chi connectivity index (χ2v) is 8.13. The quantitative estimate of drug-likeness (QED) is 0.516. The Morgan fingerprint density at radius 2 is 1.77 bits per heavy atom. The van der Waals surface area contributed by atoms with Crippen LogP contribution in [0.4, 0.5) is 5.69 Å². The minimum atomic E-state index is -0.418. The van der Waals surface area contributed by atoms with Gasteiger partial charge in [-0.1, -0.05) is 23.9 Å². The maximum Gasteiger partial charge on any atom is 0.285 e. The number of carbonyl (C=O) groups is 2. The Kier molecular flexibility index (Phi) is 7.12. The molecule has 0 aromatic heterocycles. The van der Waals surface area contributed by atoms with Gasteiger partial charge < -0.3 is 9.64 Å². The minimum absolute atomic E-state index is 0.285. The Bertz CT molecular complexity index is 968. The summed E-state index contributed by atoms with van der Waals surface area (Å²) in [6.07, 6.45) is 1.78. The van der Waals surface area contributed by atoms with Crippen LogP contribution in [0.15, 0.2) is 53.4 Å². The van der Waals surface area contributed by atoms with E-state index in [0.717, 1.165) is 41.1 Å². The first-order valence-corrected chi connectivity index (χ1v) is 10.8. The summed E-state index contributed by atoms with van der Waals surface area (Å²) in [6.45, 7) is 6.09. The van der Waals surface area contributed by atoms with Crippen molar-refractivity contribution in [3.63, 3.8) is 0 Å². The fourth-order valence-electron chi connectivity index (χ4n) is 2.99. The Hall–Kier alpha value is -2.84. The van der Waals surface area contributed by atoms with E-state index in [1.165, 1.54) is 0 Å². The predicted molar refractivity (Wildman–Crippen MR) is 125 cm³/mol. The zero-order chi connectivity index (χ0) is 21.7. The zero-order valence-electron chi connectivity index (χ0n) is 17.0. The van der Waals surface area contributed by atoms with Gasteiger partial charge >= 0.3 is 0 Å². The smallest absolute Gasteiger partial charge is 0.285 e. The molecule has 156 valence electrons. The molecule has 0 atom stereocenters. The van der Waals surface area contributed by atoms with Crippen LogP contribution in [0.3, 0.4) is 0 Å². The molecule has 0 unspecified atom stereocenters. The fraction of sp³-hybridized carbons (Fsp3) is 0.227. The van der Waals surface area contributed by atoms with Crippen molar-refractivity contribution < 1.29 is 14.3 Å². The zero-order valence-corrected chi connectivity index (χ0v) is 18.7. The average Bonchev–Trinajstić information content (AvgIpc) is 3.03. The lowest BCUT2D eigenvalue weighted by atomic mass is 10.1. The van der Waals surface area contributed by atoms with Crippen molar-refractivity contribution in [1.29, 1.82) is 0 Å². The van der Waals surface area contributed by atoms with Crippen molar-refractivity contribution in [2.45, 2.75) is 13.8 Å². The first-order chi connectivity index (χ1) is 14.5. The van der Waals surface area contributed by atoms with Crippen molar-refractivity contribution in [2.24, 2.45) is 0 Å². The van der Waals surface area contributed by atoms with E-state index in [1.54, 1.807) is 37.5 Å². The van der Waals surface area contributed by atoms with Gasteiger partial charge in [-0.3, -0.25) is 15.0 Å². The Labute approximate surface area is 185 Å². The van der Waals surface area contributed by atoms with Gasteiger partial charge in [0, 0.05) is 24.3 Å². The van der Waals surface area contributed by atoms with Crippen molar-refractivity contribution in [2.75, 3.05) is 25.1 Å². The van der Waals surface area contributed by atoms with Gasteiger partial charge in [-0.2, -0.15) is 5.01 Å². The fourth-order valence-corrected chi connectivity index (χ4v) is 4.17. The molecule has 1 saturated heterocycles. The maximum atomic E-state index is 12.8. The number of thiocarbonyl (C=S) groups is 1. The molecule has 0 radical (unpaired) electrons. The summed E-state index contributed by atoms with van der Waals surface area (Å²) >= 11 is 6.45. The minimum Gasteiger partial charge on any atom is -0.497 e. The normalized spacial score (nSPS) is 14.9. The summed E-state index contributed by atoms with van der Waals surface area (Å²) in [4.78, 5) is 27.9. The molecule has 2 aromatic rings. The number of amides is 2. The highest BCUT2D eigenvalue weighted by atomic mass is 32.2. The summed E-state index contributed by atoms with van der Waals surface area (Å²) in [6, 6.07) is 14.6. The van der Waals surface area contributed by atoms with Crippen molar-refractivity contribution in [3.8, 4) is 5.75 Å². The van der Waals surface area contributed by atoms with Gasteiger partial charge in [-0.25, -0.2) is 0 Å². The van der Waals surface area contributed by atoms with Gasteiger partial charge in [-0.05, 0) is 74.1 Å². The number of benzene rings is 2. The third-order valence-electron chi connectivity index (χ3n) is 4.68. The molecule has 0 saturated carbocycles. The lowest BCUT2D eigenvalue weighted by Crippen LogP contribution is -2.44. The molecule has 1 aliphatic heterocycles. The van der Waals surface area contributed by atoms with Gasteiger partial charge in [0.25, 0.3) is 11.8 Å². The molecule has 6 nitrogen and oxygen atoms in total. The molecule has 0 aliphatic carbocycles. The largest absolute Gasteiger partial charge is 0.497 e. The Morgan fingerprint density at radius 3 is 2.33 bits per heavy atom. The predicted octanol–water partition coefficient (Wildman–Crippen LogP) is 4.09. The van der Waals surface area contributed by atoms with Crippen LogP contribution in [0.5, 0.6) is 5.75 Å². The van der Waals surface area contributed by atoms with Crippen LogP contribution in [0.1, 0.15) is 29.8 Å². The molecule has 2 aromatic carbocycles. The molecule has 1 heterocycles. The van der Waals surface area contributed by atoms with E-state index in [2.05, 4.69) is 24.2 Å². The summed E-state index contributed by atoms with van der Waals surface area (Å²) in [7, 11) is 1.55. The van der Waals surface area contributed by atoms with E-state index < -0.39 is 5.91 Å². The first-order valence-electron chi connectivity index (χ1n) is 9.54. The molecular weight excluding hydrogens is 418 g/mol. The number of rotatable bonds is 7. The second kappa shape index (κ2) is 9.77. The molecule has 30 heavy (non-hydrogen) atoms.